The van der Waals surface area contributed by atoms with E-state index >= 15 is 0 Å². The molecule has 0 radical (unpaired) electrons. The third-order valence-corrected chi connectivity index (χ3v) is 9.33. The number of sulfonamides is 2. The Balaban J connectivity index is 1.77. The first kappa shape index (κ1) is 19.2. The Hall–Kier alpha value is -1.59. The van der Waals surface area contributed by atoms with Gasteiger partial charge in [0.25, 0.3) is 10.0 Å². The van der Waals surface area contributed by atoms with Crippen molar-refractivity contribution in [2.75, 3.05) is 26.2 Å². The molecule has 140 valence electrons. The molecule has 1 aromatic heterocycles. The van der Waals surface area contributed by atoms with Crippen LogP contribution in [0.2, 0.25) is 0 Å². The number of hydrogen-bond donors (Lipinski definition) is 0. The van der Waals surface area contributed by atoms with Crippen molar-refractivity contribution in [2.45, 2.75) is 16.0 Å². The molecule has 0 amide bonds. The number of hydrogen-bond acceptors (Lipinski definition) is 6. The first-order chi connectivity index (χ1) is 12.2. The van der Waals surface area contributed by atoms with Gasteiger partial charge in [-0.2, -0.15) is 8.61 Å². The summed E-state index contributed by atoms with van der Waals surface area (Å²) in [6, 6.07) is 9.09. The van der Waals surface area contributed by atoms with E-state index in [1.165, 1.54) is 39.8 Å². The molecule has 0 N–H and O–H groups in total. The lowest BCUT2D eigenvalue weighted by atomic mass is 10.2. The fraction of sp³-hybridized carbons (Fsp3) is 0.312. The molecule has 1 aliphatic rings. The van der Waals surface area contributed by atoms with E-state index < -0.39 is 20.0 Å². The number of nitrogens with zero attached hydrogens (tertiary/aromatic N) is 2. The van der Waals surface area contributed by atoms with Gasteiger partial charge in [-0.3, -0.25) is 4.79 Å². The van der Waals surface area contributed by atoms with E-state index in [-0.39, 0.29) is 41.1 Å². The van der Waals surface area contributed by atoms with Gasteiger partial charge in [0, 0.05) is 31.7 Å². The van der Waals surface area contributed by atoms with Gasteiger partial charge in [-0.1, -0.05) is 18.2 Å². The summed E-state index contributed by atoms with van der Waals surface area (Å²) < 4.78 is 53.5. The average Bonchev–Trinajstić information content (AvgIpc) is 3.17. The van der Waals surface area contributed by atoms with Crippen LogP contribution in [0.15, 0.2) is 50.9 Å². The van der Waals surface area contributed by atoms with Crippen molar-refractivity contribution in [1.82, 2.24) is 8.61 Å². The number of thiophene rings is 1. The molecule has 1 fully saturated rings. The van der Waals surface area contributed by atoms with Gasteiger partial charge in [0.05, 0.1) is 4.90 Å². The Morgan fingerprint density at radius 2 is 1.54 bits per heavy atom. The van der Waals surface area contributed by atoms with Crippen LogP contribution in [0.4, 0.5) is 0 Å². The number of benzene rings is 1. The predicted octanol–water partition coefficient (Wildman–Crippen LogP) is 1.65. The van der Waals surface area contributed by atoms with Crippen LogP contribution in [0.1, 0.15) is 17.3 Å². The summed E-state index contributed by atoms with van der Waals surface area (Å²) in [5.74, 6) is -0.214. The van der Waals surface area contributed by atoms with Gasteiger partial charge in [0.1, 0.15) is 4.21 Å². The number of carbonyl (C=O) groups excluding carboxylic acids is 1. The highest BCUT2D eigenvalue weighted by molar-refractivity contribution is 7.91. The normalized spacial score (nSPS) is 17.3. The lowest BCUT2D eigenvalue weighted by Gasteiger charge is -2.33. The van der Waals surface area contributed by atoms with Crippen LogP contribution in [0.25, 0.3) is 0 Å². The number of ketones is 1. The molecule has 3 rings (SSSR count). The molecule has 0 bridgehead atoms. The van der Waals surface area contributed by atoms with Crippen LogP contribution in [-0.2, 0) is 20.0 Å². The predicted molar refractivity (Wildman–Crippen MR) is 98.3 cm³/mol. The first-order valence-corrected chi connectivity index (χ1v) is 11.6. The summed E-state index contributed by atoms with van der Waals surface area (Å²) in [6.07, 6.45) is 0. The second kappa shape index (κ2) is 7.20. The largest absolute Gasteiger partial charge is 0.295 e. The van der Waals surface area contributed by atoms with Crippen molar-refractivity contribution in [3.8, 4) is 0 Å². The van der Waals surface area contributed by atoms with Crippen LogP contribution in [0.5, 0.6) is 0 Å². The molecular weight excluding hydrogens is 396 g/mol. The summed E-state index contributed by atoms with van der Waals surface area (Å²) in [7, 11) is -7.36. The molecule has 0 unspecified atom stereocenters. The summed E-state index contributed by atoms with van der Waals surface area (Å²) >= 11 is 1.14. The van der Waals surface area contributed by atoms with Crippen molar-refractivity contribution in [2.24, 2.45) is 0 Å². The minimum atomic E-state index is -3.78. The van der Waals surface area contributed by atoms with Gasteiger partial charge in [-0.25, -0.2) is 16.8 Å². The lowest BCUT2D eigenvalue weighted by molar-refractivity contribution is 0.101. The van der Waals surface area contributed by atoms with Crippen LogP contribution in [0, 0.1) is 0 Å². The fourth-order valence-electron chi connectivity index (χ4n) is 2.71. The SMILES string of the molecule is CC(=O)c1cccc(S(=O)(=O)N2CCN(S(=O)(=O)c3cccs3)CC2)c1. The maximum Gasteiger partial charge on any atom is 0.252 e. The summed E-state index contributed by atoms with van der Waals surface area (Å²) in [5.41, 5.74) is 0.324. The van der Waals surface area contributed by atoms with Crippen molar-refractivity contribution < 1.29 is 21.6 Å². The molecule has 0 atom stereocenters. The van der Waals surface area contributed by atoms with E-state index in [4.69, 9.17) is 0 Å². The summed E-state index contributed by atoms with van der Waals surface area (Å²) in [4.78, 5) is 11.5. The minimum Gasteiger partial charge on any atom is -0.295 e. The number of Topliss-reactive ketones (excluding diaryl/α,β-unsaturated/α-hetero) is 1. The van der Waals surface area contributed by atoms with E-state index in [9.17, 15) is 21.6 Å². The highest BCUT2D eigenvalue weighted by atomic mass is 32.2. The Kier molecular flexibility index (Phi) is 5.31. The minimum absolute atomic E-state index is 0.0414. The smallest absolute Gasteiger partial charge is 0.252 e. The monoisotopic (exact) mass is 414 g/mol. The van der Waals surface area contributed by atoms with Crippen molar-refractivity contribution in [1.29, 1.82) is 0 Å². The lowest BCUT2D eigenvalue weighted by Crippen LogP contribution is -2.50. The van der Waals surface area contributed by atoms with Crippen molar-refractivity contribution in [3.63, 3.8) is 0 Å². The van der Waals surface area contributed by atoms with Gasteiger partial charge in [0.2, 0.25) is 10.0 Å². The molecule has 7 nitrogen and oxygen atoms in total. The van der Waals surface area contributed by atoms with Crippen LogP contribution < -0.4 is 0 Å². The maximum atomic E-state index is 12.8. The molecule has 1 aromatic carbocycles. The number of carbonyl (C=O) groups is 1. The first-order valence-electron chi connectivity index (χ1n) is 7.88. The summed E-state index contributed by atoms with van der Waals surface area (Å²) in [5, 5.41) is 1.69. The Labute approximate surface area is 157 Å². The highest BCUT2D eigenvalue weighted by Crippen LogP contribution is 2.24. The quantitative estimate of drug-likeness (QED) is 0.694. The van der Waals surface area contributed by atoms with Crippen LogP contribution >= 0.6 is 11.3 Å². The Bertz CT molecular complexity index is 1010. The van der Waals surface area contributed by atoms with E-state index in [2.05, 4.69) is 0 Å². The zero-order chi connectivity index (χ0) is 18.9. The van der Waals surface area contributed by atoms with Gasteiger partial charge in [-0.15, -0.1) is 11.3 Å². The molecule has 0 saturated carbocycles. The Morgan fingerprint density at radius 3 is 2.08 bits per heavy atom. The molecule has 0 spiro atoms. The van der Waals surface area contributed by atoms with E-state index in [0.29, 0.717) is 5.56 Å². The average molecular weight is 415 g/mol. The maximum absolute atomic E-state index is 12.8. The zero-order valence-electron chi connectivity index (χ0n) is 14.0. The standard InChI is InChI=1S/C16H18N2O5S3/c1-13(19)14-4-2-5-15(12-14)25(20,21)17-7-9-18(10-8-17)26(22,23)16-6-3-11-24-16/h2-6,11-12H,7-10H2,1H3. The van der Waals surface area contributed by atoms with Crippen molar-refractivity contribution in [3.05, 3.63) is 47.3 Å². The second-order valence-corrected chi connectivity index (χ2v) is 10.9. The molecule has 0 aliphatic carbocycles. The second-order valence-electron chi connectivity index (χ2n) is 5.82. The van der Waals surface area contributed by atoms with Crippen molar-refractivity contribution >= 4 is 37.2 Å². The van der Waals surface area contributed by atoms with Gasteiger partial charge < -0.3 is 0 Å². The van der Waals surface area contributed by atoms with E-state index in [1.54, 1.807) is 17.5 Å². The molecule has 1 aliphatic heterocycles. The number of piperazine rings is 1. The van der Waals surface area contributed by atoms with Crippen LogP contribution in [0.3, 0.4) is 0 Å². The molecule has 10 heteroatoms. The molecule has 26 heavy (non-hydrogen) atoms. The third-order valence-electron chi connectivity index (χ3n) is 4.17. The molecule has 1 saturated heterocycles. The van der Waals surface area contributed by atoms with Crippen LogP contribution in [-0.4, -0.2) is 57.4 Å². The third kappa shape index (κ3) is 3.60. The number of rotatable bonds is 5. The summed E-state index contributed by atoms with van der Waals surface area (Å²) in [6.45, 7) is 1.69. The van der Waals surface area contributed by atoms with Gasteiger partial charge in [-0.05, 0) is 30.5 Å². The Morgan fingerprint density at radius 1 is 0.923 bits per heavy atom. The van der Waals surface area contributed by atoms with E-state index in [0.717, 1.165) is 11.3 Å². The van der Waals surface area contributed by atoms with Gasteiger partial charge >= 0.3 is 0 Å². The topological polar surface area (TPSA) is 91.8 Å². The van der Waals surface area contributed by atoms with E-state index in [1.807, 2.05) is 0 Å². The zero-order valence-corrected chi connectivity index (χ0v) is 16.5. The molecular formula is C16H18N2O5S3. The van der Waals surface area contributed by atoms with Gasteiger partial charge in [0.15, 0.2) is 5.78 Å². The fourth-order valence-corrected chi connectivity index (χ4v) is 6.75. The molecule has 2 aromatic rings. The molecule has 2 heterocycles. The highest BCUT2D eigenvalue weighted by Gasteiger charge is 2.34.